The van der Waals surface area contributed by atoms with Crippen LogP contribution in [0.1, 0.15) is 107 Å². The molecule has 7 fully saturated rings. The lowest BCUT2D eigenvalue weighted by atomic mass is 9.41. The summed E-state index contributed by atoms with van der Waals surface area (Å²) in [7, 11) is 0. The predicted molar refractivity (Wildman–Crippen MR) is 303 cm³/mol. The molecule has 0 spiro atoms. The fourth-order valence-corrected chi connectivity index (χ4v) is 16.5. The van der Waals surface area contributed by atoms with Gasteiger partial charge in [0.15, 0.2) is 31.5 Å². The van der Waals surface area contributed by atoms with Crippen molar-refractivity contribution in [1.82, 2.24) is 0 Å². The van der Waals surface area contributed by atoms with Gasteiger partial charge < -0.3 is 139 Å². The van der Waals surface area contributed by atoms with Crippen molar-refractivity contribution in [2.45, 2.75) is 278 Å². The average molecular weight is 1280 g/mol. The number of aliphatic hydroxyl groups is 18. The minimum absolute atomic E-state index is 0.0394. The summed E-state index contributed by atoms with van der Waals surface area (Å²) < 4.78 is 59.5. The van der Waals surface area contributed by atoms with Crippen LogP contribution in [-0.4, -0.2) is 296 Å². The van der Waals surface area contributed by atoms with Gasteiger partial charge in [-0.05, 0) is 105 Å². The monoisotopic (exact) mass is 1280 g/mol. The van der Waals surface area contributed by atoms with Crippen LogP contribution in [0.15, 0.2) is 23.8 Å². The molecule has 9 rings (SSSR count). The topological polar surface area (TPSA) is 456 Å². The zero-order valence-corrected chi connectivity index (χ0v) is 52.0. The van der Waals surface area contributed by atoms with E-state index in [4.69, 9.17) is 47.4 Å². The Kier molecular flexibility index (Phi) is 22.4. The van der Waals surface area contributed by atoms with Crippen LogP contribution in [0, 0.1) is 45.3 Å². The molecule has 28 heteroatoms. The normalized spacial score (nSPS) is 50.8. The maximum absolute atomic E-state index is 11.8. The van der Waals surface area contributed by atoms with Gasteiger partial charge in [0.25, 0.3) is 0 Å². The standard InChI is InChI=1S/C61H102O28/c1-25(9-13-36(58(4,5)79)88-56-51(89-55-50(78)45(73)40(68)32(23-64)85-55)46(74)41(69)33(86-56)24-81-53-48(76)44(72)39(67)31(22-63)84-53)26-15-17-61(8)34-12-10-27-28(59(34,6)18-19-60(26,61)7)11-14-35(57(27,2)3)87-54-49(77)42(70)37(65)29(82-54)16-20-80-52-47(75)43(71)38(66)30(21-62)83-52/h10,18-19,25-26,28-56,62-79H,9,11-17,20-24H2,1-8H3/t25-,26?,28?,29-,30-,31-,32-,33-,34?,35+,36-,37-,38-,39-,40-,41-,42+,43+,44+,45+,46+,47-,48-,49-,50-,51-,52+,53-,54+,55+,56+,59+,60-,61+/m1/s1. The molecule has 0 aromatic heterocycles. The van der Waals surface area contributed by atoms with Crippen molar-refractivity contribution < 1.29 is 139 Å². The third-order valence-corrected chi connectivity index (χ3v) is 22.5. The Hall–Kier alpha value is -1.64. The molecule has 0 radical (unpaired) electrons. The van der Waals surface area contributed by atoms with Crippen molar-refractivity contribution in [3.63, 3.8) is 0 Å². The van der Waals surface area contributed by atoms with Crippen LogP contribution in [0.4, 0.5) is 0 Å². The van der Waals surface area contributed by atoms with E-state index < -0.39 is 203 Å². The zero-order valence-electron chi connectivity index (χ0n) is 52.0. The molecular formula is C61H102O28. The van der Waals surface area contributed by atoms with Crippen LogP contribution in [0.5, 0.6) is 0 Å². The second-order valence-electron chi connectivity index (χ2n) is 28.5. The maximum atomic E-state index is 11.8. The van der Waals surface area contributed by atoms with Gasteiger partial charge in [0.2, 0.25) is 0 Å². The molecule has 9 aliphatic rings. The number of hydrogen-bond donors (Lipinski definition) is 18. The Morgan fingerprint density at radius 1 is 0.539 bits per heavy atom. The van der Waals surface area contributed by atoms with Crippen LogP contribution in [0.25, 0.3) is 0 Å². The lowest BCUT2D eigenvalue weighted by Crippen LogP contribution is -2.65. The minimum atomic E-state index is -1.94. The summed E-state index contributed by atoms with van der Waals surface area (Å²) in [6.07, 6.45) is -30.2. The molecule has 0 aromatic carbocycles. The lowest BCUT2D eigenvalue weighted by molar-refractivity contribution is -0.380. The summed E-state index contributed by atoms with van der Waals surface area (Å²) >= 11 is 0. The van der Waals surface area contributed by atoms with E-state index >= 15 is 0 Å². The zero-order chi connectivity index (χ0) is 65.4. The first-order valence-electron chi connectivity index (χ1n) is 31.7. The molecular weight excluding hydrogens is 1180 g/mol. The van der Waals surface area contributed by atoms with E-state index in [2.05, 4.69) is 59.8 Å². The molecule has 5 heterocycles. The van der Waals surface area contributed by atoms with E-state index in [1.54, 1.807) is 0 Å². The van der Waals surface area contributed by atoms with Crippen LogP contribution in [0.2, 0.25) is 0 Å². The third-order valence-electron chi connectivity index (χ3n) is 22.5. The molecule has 4 aliphatic carbocycles. The van der Waals surface area contributed by atoms with Gasteiger partial charge in [-0.2, -0.15) is 0 Å². The second-order valence-corrected chi connectivity index (χ2v) is 28.5. The van der Waals surface area contributed by atoms with Crippen molar-refractivity contribution >= 4 is 0 Å². The molecule has 3 unspecified atom stereocenters. The summed E-state index contributed by atoms with van der Waals surface area (Å²) in [5.41, 5.74) is -1.68. The number of hydrogen-bond acceptors (Lipinski definition) is 28. The molecule has 18 N–H and O–H groups in total. The quantitative estimate of drug-likeness (QED) is 0.0485. The van der Waals surface area contributed by atoms with Crippen molar-refractivity contribution in [3.05, 3.63) is 23.8 Å². The Balaban J connectivity index is 0.866. The highest BCUT2D eigenvalue weighted by Crippen LogP contribution is 2.73. The van der Waals surface area contributed by atoms with E-state index in [1.165, 1.54) is 19.4 Å². The van der Waals surface area contributed by atoms with Gasteiger partial charge in [0.05, 0.1) is 56.9 Å². The first kappa shape index (κ1) is 71.6. The van der Waals surface area contributed by atoms with Gasteiger partial charge in [-0.15, -0.1) is 0 Å². The summed E-state index contributed by atoms with van der Waals surface area (Å²) in [5.74, 6) is 0.555. The van der Waals surface area contributed by atoms with Crippen LogP contribution >= 0.6 is 0 Å². The first-order chi connectivity index (χ1) is 41.7. The molecule has 2 saturated carbocycles. The molecule has 5 saturated heterocycles. The van der Waals surface area contributed by atoms with Crippen molar-refractivity contribution in [1.29, 1.82) is 0 Å². The molecule has 28 nitrogen and oxygen atoms in total. The van der Waals surface area contributed by atoms with Gasteiger partial charge in [0.1, 0.15) is 116 Å². The molecule has 0 aromatic rings. The van der Waals surface area contributed by atoms with Gasteiger partial charge in [-0.3, -0.25) is 0 Å². The molecule has 0 amide bonds. The third kappa shape index (κ3) is 13.4. The molecule has 0 bridgehead atoms. The van der Waals surface area contributed by atoms with Gasteiger partial charge in [0, 0.05) is 5.41 Å². The van der Waals surface area contributed by atoms with Crippen molar-refractivity contribution in [2.75, 3.05) is 33.0 Å². The number of rotatable bonds is 21. The SMILES string of the molecule is C[C@H](CC[C@@H](O[C@@H]1O[C@H](CO[C@@H]2O[C@H](CO)[C@@H](O)[C@H](O)[C@H]2O)[C@@H](O)[C@H](O)[C@H]1O[C@@H]1O[C@H](CO)[C@@H](O)[C@H](O)[C@H]1O)C(C)(C)O)C1CC[C@@]2(C)C3CC=C4C(CC[C@H](O[C@@H]5O[C@H](CCO[C@H]6O[C@H](CO)[C@@H](O)[C@H](O)[C@H]6O)[C@@H](O)[C@H](O)[C@H]5O)C4(C)C)[C@]3(C)C=C[C@]12C. The molecule has 514 valence electrons. The van der Waals surface area contributed by atoms with Gasteiger partial charge in [-0.1, -0.05) is 65.3 Å². The van der Waals surface area contributed by atoms with Crippen molar-refractivity contribution in [2.24, 2.45) is 45.3 Å². The second kappa shape index (κ2) is 27.8. The van der Waals surface area contributed by atoms with Gasteiger partial charge >= 0.3 is 0 Å². The summed E-state index contributed by atoms with van der Waals surface area (Å²) in [6, 6.07) is 0. The number of allylic oxidation sites excluding steroid dienone is 3. The fourth-order valence-electron chi connectivity index (χ4n) is 16.5. The van der Waals surface area contributed by atoms with Crippen molar-refractivity contribution in [3.8, 4) is 0 Å². The van der Waals surface area contributed by atoms with E-state index in [9.17, 15) is 91.9 Å². The van der Waals surface area contributed by atoms with E-state index in [0.717, 1.165) is 25.7 Å². The van der Waals surface area contributed by atoms with Gasteiger partial charge in [-0.25, -0.2) is 0 Å². The highest BCUT2D eigenvalue weighted by atomic mass is 16.8. The summed E-state index contributed by atoms with van der Waals surface area (Å²) in [5, 5.41) is 192. The summed E-state index contributed by atoms with van der Waals surface area (Å²) in [6.45, 7) is 13.5. The molecule has 34 atom stereocenters. The first-order valence-corrected chi connectivity index (χ1v) is 31.7. The van der Waals surface area contributed by atoms with E-state index in [1.807, 2.05) is 0 Å². The van der Waals surface area contributed by atoms with E-state index in [0.29, 0.717) is 12.8 Å². The van der Waals surface area contributed by atoms with Crippen LogP contribution in [0.3, 0.4) is 0 Å². The highest BCUT2D eigenvalue weighted by Gasteiger charge is 2.66. The Morgan fingerprint density at radius 3 is 1.57 bits per heavy atom. The molecule has 89 heavy (non-hydrogen) atoms. The predicted octanol–water partition coefficient (Wildman–Crippen LogP) is -4.21. The molecule has 5 aliphatic heterocycles. The van der Waals surface area contributed by atoms with Crippen LogP contribution in [-0.2, 0) is 47.4 Å². The lowest BCUT2D eigenvalue weighted by Gasteiger charge is -2.63. The minimum Gasteiger partial charge on any atom is -0.394 e. The Morgan fingerprint density at radius 2 is 1.02 bits per heavy atom. The fraction of sp³-hybridized carbons (Fsp3) is 0.934. The van der Waals surface area contributed by atoms with E-state index in [-0.39, 0.29) is 59.4 Å². The number of ether oxygens (including phenoxy) is 10. The average Bonchev–Trinajstić information content (AvgIpc) is 1.66. The highest BCUT2D eigenvalue weighted by molar-refractivity contribution is 5.35. The van der Waals surface area contributed by atoms with Crippen LogP contribution < -0.4 is 0 Å². The largest absolute Gasteiger partial charge is 0.394 e. The number of aliphatic hydroxyl groups excluding tert-OH is 17. The Labute approximate surface area is 518 Å². The summed E-state index contributed by atoms with van der Waals surface area (Å²) in [4.78, 5) is 0. The number of fused-ring (bicyclic) bond motifs is 5. The maximum Gasteiger partial charge on any atom is 0.187 e. The Bertz CT molecular complexity index is 2370. The smallest absolute Gasteiger partial charge is 0.187 e.